The minimum atomic E-state index is -0.944. The van der Waals surface area contributed by atoms with Gasteiger partial charge in [0.15, 0.2) is 0 Å². The van der Waals surface area contributed by atoms with Crippen LogP contribution in [-0.4, -0.2) is 5.11 Å². The minimum Gasteiger partial charge on any atom is -0.387 e. The lowest BCUT2D eigenvalue weighted by molar-refractivity contribution is 0.0508. The van der Waals surface area contributed by atoms with Crippen molar-refractivity contribution in [3.05, 3.63) is 34.1 Å². The average Bonchev–Trinajstić information content (AvgIpc) is 2.67. The molecule has 0 radical (unpaired) electrons. The van der Waals surface area contributed by atoms with Gasteiger partial charge in [0.25, 0.3) is 0 Å². The van der Waals surface area contributed by atoms with E-state index in [4.69, 9.17) is 0 Å². The van der Waals surface area contributed by atoms with Gasteiger partial charge in [-0.25, -0.2) is 4.39 Å². The fourth-order valence-corrected chi connectivity index (χ4v) is 3.29. The van der Waals surface area contributed by atoms with Crippen molar-refractivity contribution in [2.45, 2.75) is 44.6 Å². The summed E-state index contributed by atoms with van der Waals surface area (Å²) in [7, 11) is 0. The van der Waals surface area contributed by atoms with Crippen molar-refractivity contribution in [1.29, 1.82) is 5.26 Å². The number of aliphatic hydroxyl groups is 1. The van der Waals surface area contributed by atoms with Gasteiger partial charge in [-0.05, 0) is 36.6 Å². The van der Waals surface area contributed by atoms with Crippen LogP contribution in [0, 0.1) is 22.6 Å². The quantitative estimate of drug-likeness (QED) is 0.814. The van der Waals surface area contributed by atoms with E-state index >= 15 is 0 Å². The Hall–Kier alpha value is -0.920. The zero-order valence-electron chi connectivity index (χ0n) is 10.7. The molecule has 1 aliphatic carbocycles. The Kier molecular flexibility index (Phi) is 4.59. The van der Waals surface area contributed by atoms with Gasteiger partial charge in [-0.1, -0.05) is 41.6 Å². The lowest BCUT2D eigenvalue weighted by atomic mass is 9.74. The maximum Gasteiger partial charge on any atom is 0.123 e. The van der Waals surface area contributed by atoms with E-state index in [1.165, 1.54) is 12.1 Å². The average molecular weight is 326 g/mol. The zero-order chi connectivity index (χ0) is 13.9. The molecule has 2 nitrogen and oxygen atoms in total. The molecule has 1 aliphatic rings. The summed E-state index contributed by atoms with van der Waals surface area (Å²) in [6, 6.07) is 6.55. The Bertz CT molecular complexity index is 489. The summed E-state index contributed by atoms with van der Waals surface area (Å²) in [5, 5.41) is 20.1. The SMILES string of the molecule is N#CC1(C(O)c2cc(F)ccc2Br)CCCCCC1. The first-order chi connectivity index (χ1) is 9.09. The molecule has 1 saturated carbocycles. The molecular weight excluding hydrogens is 309 g/mol. The molecule has 0 bridgehead atoms. The maximum atomic E-state index is 13.4. The molecule has 4 heteroatoms. The highest BCUT2D eigenvalue weighted by atomic mass is 79.9. The van der Waals surface area contributed by atoms with Gasteiger partial charge >= 0.3 is 0 Å². The van der Waals surface area contributed by atoms with E-state index in [0.717, 1.165) is 25.7 Å². The number of halogens is 2. The smallest absolute Gasteiger partial charge is 0.123 e. The van der Waals surface area contributed by atoms with Gasteiger partial charge in [-0.3, -0.25) is 0 Å². The van der Waals surface area contributed by atoms with Crippen molar-refractivity contribution in [3.63, 3.8) is 0 Å². The molecule has 0 aliphatic heterocycles. The molecule has 1 atom stereocenters. The summed E-state index contributed by atoms with van der Waals surface area (Å²) >= 11 is 3.33. The number of nitrogens with zero attached hydrogens (tertiary/aromatic N) is 1. The summed E-state index contributed by atoms with van der Waals surface area (Å²) in [6.07, 6.45) is 4.48. The number of nitriles is 1. The molecule has 0 saturated heterocycles. The molecule has 0 amide bonds. The summed E-state index contributed by atoms with van der Waals surface area (Å²) in [6.45, 7) is 0. The summed E-state index contributed by atoms with van der Waals surface area (Å²) in [4.78, 5) is 0. The Morgan fingerprint density at radius 2 is 1.89 bits per heavy atom. The normalized spacial score (nSPS) is 20.3. The third-order valence-corrected chi connectivity index (χ3v) is 4.72. The standard InChI is InChI=1S/C15H17BrFNO/c16-13-6-5-11(17)9-12(13)14(19)15(10-18)7-3-1-2-4-8-15/h5-6,9,14,19H,1-4,7-8H2. The molecule has 102 valence electrons. The number of benzene rings is 1. The Morgan fingerprint density at radius 3 is 2.47 bits per heavy atom. The monoisotopic (exact) mass is 325 g/mol. The Balaban J connectivity index is 2.37. The molecule has 1 aromatic rings. The van der Waals surface area contributed by atoms with E-state index in [-0.39, 0.29) is 5.82 Å². The zero-order valence-corrected chi connectivity index (χ0v) is 12.3. The van der Waals surface area contributed by atoms with E-state index in [1.807, 2.05) is 0 Å². The van der Waals surface area contributed by atoms with Crippen LogP contribution in [0.1, 0.15) is 50.2 Å². The van der Waals surface area contributed by atoms with Crippen molar-refractivity contribution in [3.8, 4) is 6.07 Å². The molecule has 0 heterocycles. The van der Waals surface area contributed by atoms with Gasteiger partial charge in [-0.15, -0.1) is 0 Å². The molecule has 1 fully saturated rings. The van der Waals surface area contributed by atoms with E-state index in [1.54, 1.807) is 6.07 Å². The van der Waals surface area contributed by atoms with Crippen LogP contribution < -0.4 is 0 Å². The van der Waals surface area contributed by atoms with Crippen LogP contribution in [0.25, 0.3) is 0 Å². The molecular formula is C15H17BrFNO. The van der Waals surface area contributed by atoms with Crippen LogP contribution in [0.5, 0.6) is 0 Å². The first-order valence-corrected chi connectivity index (χ1v) is 7.43. The van der Waals surface area contributed by atoms with Gasteiger partial charge in [0, 0.05) is 4.47 Å². The van der Waals surface area contributed by atoms with E-state index < -0.39 is 11.5 Å². The van der Waals surface area contributed by atoms with Gasteiger partial charge in [0.2, 0.25) is 0 Å². The second-order valence-corrected chi connectivity index (χ2v) is 6.10. The summed E-state index contributed by atoms with van der Waals surface area (Å²) in [5.74, 6) is -0.390. The predicted octanol–water partition coefficient (Wildman–Crippen LogP) is 4.49. The molecule has 0 aromatic heterocycles. The topological polar surface area (TPSA) is 44.0 Å². The van der Waals surface area contributed by atoms with Crippen LogP contribution in [0.2, 0.25) is 0 Å². The van der Waals surface area contributed by atoms with Crippen molar-refractivity contribution < 1.29 is 9.50 Å². The maximum absolute atomic E-state index is 13.4. The molecule has 19 heavy (non-hydrogen) atoms. The highest BCUT2D eigenvalue weighted by Gasteiger charge is 2.40. The summed E-state index contributed by atoms with van der Waals surface area (Å²) < 4.78 is 14.0. The number of aliphatic hydroxyl groups excluding tert-OH is 1. The second kappa shape index (κ2) is 6.02. The number of hydrogen-bond acceptors (Lipinski definition) is 2. The van der Waals surface area contributed by atoms with Crippen molar-refractivity contribution in [1.82, 2.24) is 0 Å². The van der Waals surface area contributed by atoms with Crippen LogP contribution in [0.3, 0.4) is 0 Å². The van der Waals surface area contributed by atoms with Crippen LogP contribution in [0.4, 0.5) is 4.39 Å². The lowest BCUT2D eigenvalue weighted by Crippen LogP contribution is -2.27. The van der Waals surface area contributed by atoms with Crippen LogP contribution in [0.15, 0.2) is 22.7 Å². The molecule has 2 rings (SSSR count). The fraction of sp³-hybridized carbons (Fsp3) is 0.533. The van der Waals surface area contributed by atoms with Gasteiger partial charge < -0.3 is 5.11 Å². The highest BCUT2D eigenvalue weighted by Crippen LogP contribution is 2.46. The third kappa shape index (κ3) is 2.98. The van der Waals surface area contributed by atoms with Crippen molar-refractivity contribution >= 4 is 15.9 Å². The van der Waals surface area contributed by atoms with E-state index in [2.05, 4.69) is 22.0 Å². The fourth-order valence-electron chi connectivity index (χ4n) is 2.83. The van der Waals surface area contributed by atoms with Gasteiger partial charge in [-0.2, -0.15) is 5.26 Å². The number of hydrogen-bond donors (Lipinski definition) is 1. The third-order valence-electron chi connectivity index (χ3n) is 3.99. The lowest BCUT2D eigenvalue weighted by Gasteiger charge is -2.31. The van der Waals surface area contributed by atoms with Crippen LogP contribution >= 0.6 is 15.9 Å². The van der Waals surface area contributed by atoms with E-state index in [0.29, 0.717) is 22.9 Å². The van der Waals surface area contributed by atoms with Gasteiger partial charge in [0.1, 0.15) is 5.82 Å². The van der Waals surface area contributed by atoms with Crippen molar-refractivity contribution in [2.24, 2.45) is 5.41 Å². The molecule has 1 unspecified atom stereocenters. The van der Waals surface area contributed by atoms with E-state index in [9.17, 15) is 14.8 Å². The molecule has 1 N–H and O–H groups in total. The molecule has 1 aromatic carbocycles. The first kappa shape index (κ1) is 14.5. The summed E-state index contributed by atoms with van der Waals surface area (Å²) in [5.41, 5.74) is -0.309. The molecule has 0 spiro atoms. The van der Waals surface area contributed by atoms with Crippen LogP contribution in [-0.2, 0) is 0 Å². The van der Waals surface area contributed by atoms with Gasteiger partial charge in [0.05, 0.1) is 17.6 Å². The number of rotatable bonds is 2. The van der Waals surface area contributed by atoms with Crippen molar-refractivity contribution in [2.75, 3.05) is 0 Å². The highest BCUT2D eigenvalue weighted by molar-refractivity contribution is 9.10. The second-order valence-electron chi connectivity index (χ2n) is 5.25. The predicted molar refractivity (Wildman–Crippen MR) is 74.8 cm³/mol. The Labute approximate surface area is 121 Å². The Morgan fingerprint density at radius 1 is 1.26 bits per heavy atom. The first-order valence-electron chi connectivity index (χ1n) is 6.63. The largest absolute Gasteiger partial charge is 0.387 e. The minimum absolute atomic E-state index is 0.390.